The van der Waals surface area contributed by atoms with Crippen molar-refractivity contribution in [2.75, 3.05) is 52.3 Å². The van der Waals surface area contributed by atoms with Gasteiger partial charge in [-0.1, -0.05) is 6.07 Å². The smallest absolute Gasteiger partial charge is 0.262 e. The molecule has 0 aromatic heterocycles. The van der Waals surface area contributed by atoms with Crippen LogP contribution in [-0.4, -0.2) is 76.4 Å². The van der Waals surface area contributed by atoms with E-state index in [-0.39, 0.29) is 49.5 Å². The normalized spacial score (nSPS) is 16.5. The minimum absolute atomic E-state index is 0.0603. The summed E-state index contributed by atoms with van der Waals surface area (Å²) in [6.07, 6.45) is 3.13. The molecule has 2 aromatic rings. The van der Waals surface area contributed by atoms with E-state index in [0.29, 0.717) is 22.9 Å². The van der Waals surface area contributed by atoms with Crippen molar-refractivity contribution in [3.63, 3.8) is 0 Å². The molecule has 2 aliphatic heterocycles. The lowest BCUT2D eigenvalue weighted by atomic mass is 10.2. The van der Waals surface area contributed by atoms with Crippen LogP contribution in [0.5, 0.6) is 17.2 Å². The average molecular weight is 488 g/mol. The maximum Gasteiger partial charge on any atom is 0.262 e. The van der Waals surface area contributed by atoms with Gasteiger partial charge in [-0.25, -0.2) is 8.42 Å². The number of benzene rings is 2. The number of nitrogens with zero attached hydrogens (tertiary/aromatic N) is 2. The Morgan fingerprint density at radius 1 is 1.03 bits per heavy atom. The molecule has 1 fully saturated rings. The lowest BCUT2D eigenvalue weighted by Gasteiger charge is -2.33. The van der Waals surface area contributed by atoms with Crippen molar-refractivity contribution in [2.45, 2.75) is 4.90 Å². The number of piperazine rings is 1. The topological polar surface area (TPSA) is 114 Å². The number of amides is 2. The van der Waals surface area contributed by atoms with Crippen molar-refractivity contribution in [3.05, 3.63) is 48.0 Å². The van der Waals surface area contributed by atoms with Gasteiger partial charge in [-0.3, -0.25) is 9.59 Å². The summed E-state index contributed by atoms with van der Waals surface area (Å²) >= 11 is 0. The zero-order valence-electron chi connectivity index (χ0n) is 18.8. The second-order valence-electron chi connectivity index (χ2n) is 7.67. The van der Waals surface area contributed by atoms with Gasteiger partial charge in [0.15, 0.2) is 18.1 Å². The maximum absolute atomic E-state index is 13.1. The quantitative estimate of drug-likeness (QED) is 0.616. The molecular weight excluding hydrogens is 462 g/mol. The number of carbonyl (C=O) groups is 2. The van der Waals surface area contributed by atoms with E-state index < -0.39 is 10.0 Å². The molecule has 180 valence electrons. The van der Waals surface area contributed by atoms with Crippen LogP contribution in [0.15, 0.2) is 47.4 Å². The van der Waals surface area contributed by atoms with Crippen molar-refractivity contribution < 1.29 is 32.2 Å². The highest BCUT2D eigenvalue weighted by Gasteiger charge is 2.30. The number of anilines is 1. The molecule has 0 spiro atoms. The molecule has 2 amide bonds. The molecule has 0 radical (unpaired) electrons. The van der Waals surface area contributed by atoms with E-state index >= 15 is 0 Å². The van der Waals surface area contributed by atoms with E-state index in [0.717, 1.165) is 5.56 Å². The fraction of sp³-hybridized carbons (Fsp3) is 0.304. The zero-order valence-corrected chi connectivity index (χ0v) is 19.6. The molecule has 2 aromatic carbocycles. The number of sulfonamides is 1. The molecular formula is C23H25N3O7S. The molecule has 10 nitrogen and oxygen atoms in total. The van der Waals surface area contributed by atoms with Crippen LogP contribution in [0, 0.1) is 0 Å². The van der Waals surface area contributed by atoms with E-state index in [9.17, 15) is 18.0 Å². The van der Waals surface area contributed by atoms with Crippen LogP contribution >= 0.6 is 0 Å². The number of methoxy groups -OCH3 is 2. The van der Waals surface area contributed by atoms with Gasteiger partial charge in [0.05, 0.1) is 24.8 Å². The Hall–Kier alpha value is -3.57. The molecule has 0 unspecified atom stereocenters. The van der Waals surface area contributed by atoms with Crippen molar-refractivity contribution in [1.29, 1.82) is 0 Å². The van der Waals surface area contributed by atoms with Gasteiger partial charge in [0.1, 0.15) is 5.75 Å². The van der Waals surface area contributed by atoms with E-state index in [1.165, 1.54) is 35.7 Å². The predicted molar refractivity (Wildman–Crippen MR) is 124 cm³/mol. The van der Waals surface area contributed by atoms with E-state index in [1.54, 1.807) is 30.2 Å². The summed E-state index contributed by atoms with van der Waals surface area (Å²) in [6.45, 7) is 0.754. The minimum atomic E-state index is -3.79. The van der Waals surface area contributed by atoms with Crippen LogP contribution in [0.2, 0.25) is 0 Å². The Morgan fingerprint density at radius 3 is 2.47 bits per heavy atom. The van der Waals surface area contributed by atoms with Crippen LogP contribution in [-0.2, 0) is 19.6 Å². The molecule has 11 heteroatoms. The number of rotatable bonds is 6. The first kappa shape index (κ1) is 23.6. The van der Waals surface area contributed by atoms with Gasteiger partial charge < -0.3 is 24.4 Å². The molecule has 2 aliphatic rings. The van der Waals surface area contributed by atoms with E-state index in [2.05, 4.69) is 5.32 Å². The van der Waals surface area contributed by atoms with Crippen LogP contribution in [0.25, 0.3) is 6.08 Å². The summed E-state index contributed by atoms with van der Waals surface area (Å²) < 4.78 is 43.3. The molecule has 0 saturated carbocycles. The third-order valence-corrected chi connectivity index (χ3v) is 7.49. The number of hydrogen-bond donors (Lipinski definition) is 1. The highest BCUT2D eigenvalue weighted by atomic mass is 32.2. The van der Waals surface area contributed by atoms with Crippen molar-refractivity contribution >= 4 is 33.6 Å². The largest absolute Gasteiger partial charge is 0.493 e. The van der Waals surface area contributed by atoms with Gasteiger partial charge in [0.25, 0.3) is 5.91 Å². The molecule has 2 heterocycles. The Bertz CT molecular complexity index is 1240. The molecule has 1 N–H and O–H groups in total. The van der Waals surface area contributed by atoms with Crippen molar-refractivity contribution in [2.24, 2.45) is 0 Å². The maximum atomic E-state index is 13.1. The van der Waals surface area contributed by atoms with Crippen LogP contribution < -0.4 is 19.5 Å². The Morgan fingerprint density at radius 2 is 1.76 bits per heavy atom. The lowest BCUT2D eigenvalue weighted by Crippen LogP contribution is -2.50. The number of nitrogens with one attached hydrogen (secondary N) is 1. The molecule has 34 heavy (non-hydrogen) atoms. The first-order valence-electron chi connectivity index (χ1n) is 10.6. The van der Waals surface area contributed by atoms with Crippen molar-refractivity contribution in [3.8, 4) is 17.2 Å². The summed E-state index contributed by atoms with van der Waals surface area (Å²) in [7, 11) is -0.697. The second-order valence-corrected chi connectivity index (χ2v) is 9.61. The summed E-state index contributed by atoms with van der Waals surface area (Å²) in [6, 6.07) is 9.70. The molecule has 0 bridgehead atoms. The average Bonchev–Trinajstić information content (AvgIpc) is 2.86. The minimum Gasteiger partial charge on any atom is -0.493 e. The van der Waals surface area contributed by atoms with Crippen LogP contribution in [0.1, 0.15) is 5.56 Å². The van der Waals surface area contributed by atoms with Crippen LogP contribution in [0.4, 0.5) is 5.69 Å². The van der Waals surface area contributed by atoms with Crippen LogP contribution in [0.3, 0.4) is 0 Å². The Labute approximate surface area is 197 Å². The standard InChI is InChI=1S/C23H25N3O7S/c1-31-20-6-3-16(13-21(20)32-2)4-8-23(28)25-9-11-26(12-10-25)34(29,30)17-5-7-19-18(14-17)24-22(27)15-33-19/h3-8,13-14H,9-12,15H2,1-2H3,(H,24,27)/b8-4+. The monoisotopic (exact) mass is 487 g/mol. The van der Waals surface area contributed by atoms with Gasteiger partial charge in [0, 0.05) is 32.3 Å². The summed E-state index contributed by atoms with van der Waals surface area (Å²) in [5.41, 5.74) is 1.10. The first-order chi connectivity index (χ1) is 16.3. The predicted octanol–water partition coefficient (Wildman–Crippen LogP) is 1.58. The first-order valence-corrected chi connectivity index (χ1v) is 12.0. The Balaban J connectivity index is 1.39. The SMILES string of the molecule is COc1ccc(/C=C/C(=O)N2CCN(S(=O)(=O)c3ccc4c(c3)NC(=O)CO4)CC2)cc1OC. The molecule has 0 aliphatic carbocycles. The third-order valence-electron chi connectivity index (χ3n) is 5.60. The molecule has 0 atom stereocenters. The summed E-state index contributed by atoms with van der Waals surface area (Å²) in [4.78, 5) is 25.8. The number of carbonyl (C=O) groups excluding carboxylic acids is 2. The highest BCUT2D eigenvalue weighted by Crippen LogP contribution is 2.31. The zero-order chi connectivity index (χ0) is 24.3. The Kier molecular flexibility index (Phi) is 6.75. The van der Waals surface area contributed by atoms with Crippen molar-refractivity contribution in [1.82, 2.24) is 9.21 Å². The van der Waals surface area contributed by atoms with E-state index in [1.807, 2.05) is 6.07 Å². The van der Waals surface area contributed by atoms with E-state index in [4.69, 9.17) is 14.2 Å². The molecule has 1 saturated heterocycles. The molecule has 4 rings (SSSR count). The fourth-order valence-electron chi connectivity index (χ4n) is 3.75. The second kappa shape index (κ2) is 9.74. The van der Waals surface area contributed by atoms with Gasteiger partial charge in [-0.2, -0.15) is 4.31 Å². The number of hydrogen-bond acceptors (Lipinski definition) is 7. The lowest BCUT2D eigenvalue weighted by molar-refractivity contribution is -0.127. The summed E-state index contributed by atoms with van der Waals surface area (Å²) in [5.74, 6) is 1.03. The number of ether oxygens (including phenoxy) is 3. The van der Waals surface area contributed by atoms with Gasteiger partial charge >= 0.3 is 0 Å². The van der Waals surface area contributed by atoms with Gasteiger partial charge in [-0.15, -0.1) is 0 Å². The number of fused-ring (bicyclic) bond motifs is 1. The third kappa shape index (κ3) is 4.85. The van der Waals surface area contributed by atoms with Gasteiger partial charge in [0.2, 0.25) is 15.9 Å². The fourth-order valence-corrected chi connectivity index (χ4v) is 5.20. The van der Waals surface area contributed by atoms with Gasteiger partial charge in [-0.05, 0) is 42.0 Å². The highest BCUT2D eigenvalue weighted by molar-refractivity contribution is 7.89. The summed E-state index contributed by atoms with van der Waals surface area (Å²) in [5, 5.41) is 2.62.